The van der Waals surface area contributed by atoms with Crippen LogP contribution in [0.1, 0.15) is 31.9 Å². The lowest BCUT2D eigenvalue weighted by molar-refractivity contribution is -0.127. The predicted octanol–water partition coefficient (Wildman–Crippen LogP) is 1.57. The lowest BCUT2D eigenvalue weighted by atomic mass is 10.1. The molecule has 0 unspecified atom stereocenters. The van der Waals surface area contributed by atoms with Gasteiger partial charge in [0.25, 0.3) is 5.91 Å². The van der Waals surface area contributed by atoms with Gasteiger partial charge in [-0.3, -0.25) is 14.4 Å². The molecule has 114 valence electrons. The van der Waals surface area contributed by atoms with Gasteiger partial charge in [0, 0.05) is 0 Å². The molecule has 2 aromatic rings. The summed E-state index contributed by atoms with van der Waals surface area (Å²) in [4.78, 5) is 15.6. The van der Waals surface area contributed by atoms with Crippen LogP contribution >= 0.6 is 0 Å². The highest BCUT2D eigenvalue weighted by Gasteiger charge is 2.14. The third-order valence-electron chi connectivity index (χ3n) is 3.33. The summed E-state index contributed by atoms with van der Waals surface area (Å²) in [7, 11) is 0. The minimum atomic E-state index is -0.514. The van der Waals surface area contributed by atoms with E-state index in [2.05, 4.69) is 17.2 Å². The highest BCUT2D eigenvalue weighted by molar-refractivity contribution is 5.79. The van der Waals surface area contributed by atoms with Crippen LogP contribution in [0.15, 0.2) is 18.2 Å². The van der Waals surface area contributed by atoms with Gasteiger partial charge in [-0.15, -0.1) is 0 Å². The van der Waals surface area contributed by atoms with Crippen LogP contribution in [0, 0.1) is 0 Å². The Morgan fingerprint density at radius 1 is 1.43 bits per heavy atom. The highest BCUT2D eigenvalue weighted by atomic mass is 16.5. The van der Waals surface area contributed by atoms with Gasteiger partial charge in [-0.2, -0.15) is 0 Å². The first-order chi connectivity index (χ1) is 10.2. The zero-order valence-electron chi connectivity index (χ0n) is 12.1. The van der Waals surface area contributed by atoms with Crippen LogP contribution in [0.4, 0.5) is 11.6 Å². The third kappa shape index (κ3) is 3.43. The van der Waals surface area contributed by atoms with Gasteiger partial charge in [0.1, 0.15) is 17.3 Å². The van der Waals surface area contributed by atoms with E-state index in [1.54, 1.807) is 5.48 Å². The highest BCUT2D eigenvalue weighted by Crippen LogP contribution is 2.23. The van der Waals surface area contributed by atoms with E-state index in [0.29, 0.717) is 11.6 Å². The monoisotopic (exact) mass is 291 g/mol. The van der Waals surface area contributed by atoms with E-state index in [1.165, 1.54) is 0 Å². The van der Waals surface area contributed by atoms with E-state index in [9.17, 15) is 4.79 Å². The fourth-order valence-corrected chi connectivity index (χ4v) is 2.30. The molecule has 0 aliphatic rings. The van der Waals surface area contributed by atoms with Crippen molar-refractivity contribution in [2.45, 2.75) is 32.6 Å². The summed E-state index contributed by atoms with van der Waals surface area (Å²) >= 11 is 0. The number of nitrogen functional groups attached to an aromatic ring is 1. The zero-order chi connectivity index (χ0) is 15.2. The van der Waals surface area contributed by atoms with E-state index in [-0.39, 0.29) is 6.54 Å². The van der Waals surface area contributed by atoms with Crippen molar-refractivity contribution in [1.82, 2.24) is 14.9 Å². The van der Waals surface area contributed by atoms with Crippen molar-refractivity contribution in [3.63, 3.8) is 0 Å². The molecule has 2 heterocycles. The molecule has 0 aliphatic heterocycles. The van der Waals surface area contributed by atoms with Gasteiger partial charge in [-0.05, 0) is 25.0 Å². The number of carbonyl (C=O) groups excluding carboxylic acids is 1. The summed E-state index contributed by atoms with van der Waals surface area (Å²) in [5, 5.41) is 11.5. The SMILES string of the molecule is CCCCCc1c(NCC(=O)NO)nc2cccc(N)n12. The fraction of sp³-hybridized carbons (Fsp3) is 0.429. The number of hydrogen-bond acceptors (Lipinski definition) is 5. The molecule has 1 amide bonds. The number of pyridine rings is 1. The number of unbranched alkanes of at least 4 members (excludes halogenated alkanes) is 2. The molecule has 0 saturated carbocycles. The number of fused-ring (bicyclic) bond motifs is 1. The number of aryl methyl sites for hydroxylation is 1. The summed E-state index contributed by atoms with van der Waals surface area (Å²) in [5.41, 5.74) is 9.33. The molecule has 0 radical (unpaired) electrons. The molecule has 21 heavy (non-hydrogen) atoms. The Labute approximate surface area is 123 Å². The van der Waals surface area contributed by atoms with Gasteiger partial charge in [-0.25, -0.2) is 10.5 Å². The second-order valence-electron chi connectivity index (χ2n) is 4.90. The maximum atomic E-state index is 11.2. The van der Waals surface area contributed by atoms with Crippen molar-refractivity contribution in [2.24, 2.45) is 0 Å². The van der Waals surface area contributed by atoms with E-state index < -0.39 is 5.91 Å². The van der Waals surface area contributed by atoms with Gasteiger partial charge in [0.05, 0.1) is 12.2 Å². The van der Waals surface area contributed by atoms with Crippen LogP contribution in [0.25, 0.3) is 5.65 Å². The topological polar surface area (TPSA) is 105 Å². The number of amides is 1. The Morgan fingerprint density at radius 2 is 2.24 bits per heavy atom. The minimum Gasteiger partial charge on any atom is -0.385 e. The molecular formula is C14H21N5O2. The van der Waals surface area contributed by atoms with Crippen molar-refractivity contribution >= 4 is 23.2 Å². The summed E-state index contributed by atoms with van der Waals surface area (Å²) in [6.07, 6.45) is 4.10. The van der Waals surface area contributed by atoms with E-state index in [4.69, 9.17) is 10.9 Å². The molecule has 5 N–H and O–H groups in total. The van der Waals surface area contributed by atoms with Crippen LogP contribution < -0.4 is 16.5 Å². The summed E-state index contributed by atoms with van der Waals surface area (Å²) in [6, 6.07) is 5.54. The Balaban J connectivity index is 2.31. The lowest BCUT2D eigenvalue weighted by Gasteiger charge is -2.08. The number of hydrogen-bond donors (Lipinski definition) is 4. The van der Waals surface area contributed by atoms with Crippen LogP contribution in [0.5, 0.6) is 0 Å². The molecule has 7 nitrogen and oxygen atoms in total. The molecular weight excluding hydrogens is 270 g/mol. The Morgan fingerprint density at radius 3 is 2.95 bits per heavy atom. The molecule has 0 saturated heterocycles. The van der Waals surface area contributed by atoms with Crippen molar-refractivity contribution < 1.29 is 10.0 Å². The normalized spacial score (nSPS) is 10.8. The van der Waals surface area contributed by atoms with Crippen molar-refractivity contribution in [2.75, 3.05) is 17.6 Å². The van der Waals surface area contributed by atoms with Gasteiger partial charge in [0.15, 0.2) is 0 Å². The summed E-state index contributed by atoms with van der Waals surface area (Å²) in [5.74, 6) is 0.735. The van der Waals surface area contributed by atoms with E-state index in [0.717, 1.165) is 37.0 Å². The second kappa shape index (κ2) is 6.94. The number of nitrogens with one attached hydrogen (secondary N) is 2. The van der Waals surface area contributed by atoms with Gasteiger partial charge in [0.2, 0.25) is 0 Å². The number of nitrogens with two attached hydrogens (primary N) is 1. The fourth-order valence-electron chi connectivity index (χ4n) is 2.30. The van der Waals surface area contributed by atoms with Gasteiger partial charge in [-0.1, -0.05) is 25.8 Å². The van der Waals surface area contributed by atoms with Crippen LogP contribution in [-0.4, -0.2) is 27.0 Å². The molecule has 2 rings (SSSR count). The van der Waals surface area contributed by atoms with Crippen LogP contribution in [0.2, 0.25) is 0 Å². The summed E-state index contributed by atoms with van der Waals surface area (Å²) in [6.45, 7) is 2.11. The average molecular weight is 291 g/mol. The molecule has 2 aromatic heterocycles. The first kappa shape index (κ1) is 15.1. The number of rotatable bonds is 7. The zero-order valence-corrected chi connectivity index (χ0v) is 12.1. The largest absolute Gasteiger partial charge is 0.385 e. The Hall–Kier alpha value is -2.28. The van der Waals surface area contributed by atoms with Crippen LogP contribution in [0.3, 0.4) is 0 Å². The quantitative estimate of drug-likeness (QED) is 0.352. The molecule has 0 aliphatic carbocycles. The molecule has 0 spiro atoms. The maximum absolute atomic E-state index is 11.2. The van der Waals surface area contributed by atoms with E-state index in [1.807, 2.05) is 22.6 Å². The van der Waals surface area contributed by atoms with Crippen LogP contribution in [-0.2, 0) is 11.2 Å². The number of anilines is 2. The van der Waals surface area contributed by atoms with Crippen molar-refractivity contribution in [3.05, 3.63) is 23.9 Å². The number of hydroxylamine groups is 1. The molecule has 7 heteroatoms. The molecule has 0 fully saturated rings. The average Bonchev–Trinajstić information content (AvgIpc) is 2.84. The van der Waals surface area contributed by atoms with E-state index >= 15 is 0 Å². The molecule has 0 bridgehead atoms. The smallest absolute Gasteiger partial charge is 0.262 e. The number of carbonyl (C=O) groups is 1. The van der Waals surface area contributed by atoms with Gasteiger partial charge >= 0.3 is 0 Å². The molecule has 0 atom stereocenters. The Bertz CT molecular complexity index is 623. The number of imidazole rings is 1. The van der Waals surface area contributed by atoms with Crippen molar-refractivity contribution in [3.8, 4) is 0 Å². The van der Waals surface area contributed by atoms with Crippen molar-refractivity contribution in [1.29, 1.82) is 0 Å². The first-order valence-electron chi connectivity index (χ1n) is 7.10. The number of aromatic nitrogens is 2. The summed E-state index contributed by atoms with van der Waals surface area (Å²) < 4.78 is 1.90. The molecule has 0 aromatic carbocycles. The maximum Gasteiger partial charge on any atom is 0.262 e. The second-order valence-corrected chi connectivity index (χ2v) is 4.90. The van der Waals surface area contributed by atoms with Gasteiger partial charge < -0.3 is 11.1 Å². The minimum absolute atomic E-state index is 0.0406. The predicted molar refractivity (Wildman–Crippen MR) is 81.3 cm³/mol. The first-order valence-corrected chi connectivity index (χ1v) is 7.10. The number of nitrogens with zero attached hydrogens (tertiary/aromatic N) is 2. The Kier molecular flexibility index (Phi) is 4.99. The standard InChI is InChI=1S/C14H21N5O2/c1-2-3-4-6-10-14(16-9-13(20)18-21)17-12-8-5-7-11(15)19(10)12/h5,7-8,16,21H,2-4,6,9,15H2,1H3,(H,18,20). The lowest BCUT2D eigenvalue weighted by Crippen LogP contribution is -2.27. The third-order valence-corrected chi connectivity index (χ3v) is 3.33.